The van der Waals surface area contributed by atoms with Gasteiger partial charge in [-0.2, -0.15) is 0 Å². The summed E-state index contributed by atoms with van der Waals surface area (Å²) >= 11 is 0. The fourth-order valence-corrected chi connectivity index (χ4v) is 14.5. The summed E-state index contributed by atoms with van der Waals surface area (Å²) in [5.41, 5.74) is 6.36. The second kappa shape index (κ2) is 17.8. The Kier molecular flexibility index (Phi) is 12.3. The van der Waals surface area contributed by atoms with Crippen molar-refractivity contribution in [2.24, 2.45) is 17.8 Å². The standard InChI is InChI=1S/C52H55FN2O5Si/c1-5-15-35(30-36-22-28-46(56)45(53)31-36)23-29-47-48-37(33-60-61(52(2,3)4,41-18-11-7-12-19-41)42-20-13-8-14-21-42)32-43-49(44(48)34-59-47)51(58)55(50(43)57)40-26-24-39(25-27-40)54-38-16-9-6-10-17-38/h6-14,16-22,24-28,30-31,43-44,47,49,54,56H,5,15,23,29,32-34H2,1-4H3/b35-30+/t43-,44+,47-,49-/m1/s1. The van der Waals surface area contributed by atoms with Crippen LogP contribution in [-0.2, 0) is 18.8 Å². The van der Waals surface area contributed by atoms with E-state index < -0.39 is 26.0 Å². The number of amides is 2. The van der Waals surface area contributed by atoms with E-state index in [4.69, 9.17) is 9.16 Å². The summed E-state index contributed by atoms with van der Waals surface area (Å²) in [5.74, 6) is -2.74. The highest BCUT2D eigenvalue weighted by Gasteiger charge is 2.58. The first kappa shape index (κ1) is 42.1. The van der Waals surface area contributed by atoms with Crippen LogP contribution >= 0.6 is 0 Å². The van der Waals surface area contributed by atoms with Crippen molar-refractivity contribution < 1.29 is 28.2 Å². The Morgan fingerprint density at radius 3 is 2.07 bits per heavy atom. The smallest absolute Gasteiger partial charge is 0.261 e. The maximum Gasteiger partial charge on any atom is 0.261 e. The molecule has 4 atom stereocenters. The highest BCUT2D eigenvalue weighted by Crippen LogP contribution is 2.51. The molecule has 2 aliphatic heterocycles. The molecule has 0 saturated carbocycles. The Bertz CT molecular complexity index is 2370. The number of carbonyl (C=O) groups is 2. The van der Waals surface area contributed by atoms with Gasteiger partial charge in [-0.15, -0.1) is 0 Å². The molecule has 2 saturated heterocycles. The topological polar surface area (TPSA) is 88.1 Å². The molecule has 2 heterocycles. The molecule has 61 heavy (non-hydrogen) atoms. The Morgan fingerprint density at radius 1 is 0.836 bits per heavy atom. The number of nitrogens with zero attached hydrogens (tertiary/aromatic N) is 1. The number of fused-ring (bicyclic) bond motifs is 3. The normalized spacial score (nSPS) is 20.5. The second-order valence-corrected chi connectivity index (χ2v) is 21.9. The fraction of sp³-hybridized carbons (Fsp3) is 0.308. The van der Waals surface area contributed by atoms with E-state index in [1.807, 2.05) is 72.8 Å². The average molecular weight is 835 g/mol. The van der Waals surface area contributed by atoms with E-state index in [-0.39, 0.29) is 34.6 Å². The Balaban J connectivity index is 1.14. The van der Waals surface area contributed by atoms with Crippen LogP contribution in [0.5, 0.6) is 5.75 Å². The maximum absolute atomic E-state index is 14.6. The van der Waals surface area contributed by atoms with Gasteiger partial charge in [-0.25, -0.2) is 4.39 Å². The summed E-state index contributed by atoms with van der Waals surface area (Å²) in [6, 6.07) is 42.9. The summed E-state index contributed by atoms with van der Waals surface area (Å²) in [6.45, 7) is 9.56. The Morgan fingerprint density at radius 2 is 1.46 bits per heavy atom. The molecule has 3 aliphatic rings. The number of para-hydroxylation sites is 1. The van der Waals surface area contributed by atoms with Gasteiger partial charge in [-0.3, -0.25) is 14.5 Å². The monoisotopic (exact) mass is 834 g/mol. The molecule has 2 N–H and O–H groups in total. The first-order valence-electron chi connectivity index (χ1n) is 21.5. The predicted molar refractivity (Wildman–Crippen MR) is 244 cm³/mol. The van der Waals surface area contributed by atoms with Crippen molar-refractivity contribution in [1.82, 2.24) is 0 Å². The third-order valence-electron chi connectivity index (χ3n) is 12.7. The summed E-state index contributed by atoms with van der Waals surface area (Å²) in [7, 11) is -2.96. The number of rotatable bonds is 14. The van der Waals surface area contributed by atoms with E-state index in [1.54, 1.807) is 6.07 Å². The molecule has 5 aromatic rings. The molecule has 0 bridgehead atoms. The first-order chi connectivity index (χ1) is 29.5. The number of carbonyl (C=O) groups excluding carboxylic acids is 2. The number of ether oxygens (including phenoxy) is 1. The number of anilines is 3. The molecule has 0 aromatic heterocycles. The van der Waals surface area contributed by atoms with Crippen LogP contribution in [0.4, 0.5) is 21.5 Å². The van der Waals surface area contributed by atoms with Crippen LogP contribution in [0.15, 0.2) is 150 Å². The number of nitrogens with one attached hydrogen (secondary N) is 1. The third kappa shape index (κ3) is 8.39. The van der Waals surface area contributed by atoms with E-state index in [0.29, 0.717) is 43.7 Å². The van der Waals surface area contributed by atoms with Crippen molar-refractivity contribution in [3.8, 4) is 5.75 Å². The number of phenolic OH excluding ortho intramolecular Hbond substituents is 1. The van der Waals surface area contributed by atoms with Crippen molar-refractivity contribution in [2.45, 2.75) is 70.9 Å². The van der Waals surface area contributed by atoms with Gasteiger partial charge in [-0.05, 0) is 106 Å². The van der Waals surface area contributed by atoms with Crippen LogP contribution < -0.4 is 20.6 Å². The highest BCUT2D eigenvalue weighted by molar-refractivity contribution is 6.99. The van der Waals surface area contributed by atoms with Gasteiger partial charge in [0.2, 0.25) is 11.8 Å². The fourth-order valence-electron chi connectivity index (χ4n) is 9.95. The van der Waals surface area contributed by atoms with Gasteiger partial charge < -0.3 is 19.6 Å². The van der Waals surface area contributed by atoms with E-state index >= 15 is 0 Å². The summed E-state index contributed by atoms with van der Waals surface area (Å²) in [6.07, 6.45) is 5.26. The molecule has 1 aliphatic carbocycles. The van der Waals surface area contributed by atoms with E-state index in [2.05, 4.69) is 81.5 Å². The van der Waals surface area contributed by atoms with Crippen LogP contribution in [-0.4, -0.2) is 44.6 Å². The first-order valence-corrected chi connectivity index (χ1v) is 23.5. The van der Waals surface area contributed by atoms with E-state index in [9.17, 15) is 19.1 Å². The predicted octanol–water partition coefficient (Wildman–Crippen LogP) is 10.3. The van der Waals surface area contributed by atoms with Crippen molar-refractivity contribution in [1.29, 1.82) is 0 Å². The molecular weight excluding hydrogens is 780 g/mol. The zero-order valence-corrected chi connectivity index (χ0v) is 36.4. The number of benzene rings is 5. The quantitative estimate of drug-likeness (QED) is 0.0658. The van der Waals surface area contributed by atoms with Crippen LogP contribution in [0.2, 0.25) is 5.04 Å². The van der Waals surface area contributed by atoms with Crippen molar-refractivity contribution in [3.63, 3.8) is 0 Å². The number of hydrogen-bond acceptors (Lipinski definition) is 6. The molecule has 0 spiro atoms. The Labute approximate surface area is 360 Å². The lowest BCUT2D eigenvalue weighted by Gasteiger charge is -2.44. The summed E-state index contributed by atoms with van der Waals surface area (Å²) in [4.78, 5) is 30.6. The van der Waals surface area contributed by atoms with E-state index in [0.717, 1.165) is 40.9 Å². The maximum atomic E-state index is 14.6. The zero-order chi connectivity index (χ0) is 42.7. The van der Waals surface area contributed by atoms with Gasteiger partial charge in [0.1, 0.15) is 0 Å². The molecule has 2 amide bonds. The zero-order valence-electron chi connectivity index (χ0n) is 35.4. The van der Waals surface area contributed by atoms with Gasteiger partial charge in [0.25, 0.3) is 8.32 Å². The third-order valence-corrected chi connectivity index (χ3v) is 17.7. The largest absolute Gasteiger partial charge is 0.505 e. The van der Waals surface area contributed by atoms with Gasteiger partial charge in [0, 0.05) is 17.3 Å². The van der Waals surface area contributed by atoms with Gasteiger partial charge in [0.05, 0.1) is 36.8 Å². The van der Waals surface area contributed by atoms with Crippen LogP contribution in [0, 0.1) is 23.6 Å². The lowest BCUT2D eigenvalue weighted by Crippen LogP contribution is -2.66. The minimum absolute atomic E-state index is 0.182. The van der Waals surface area contributed by atoms with E-state index in [1.165, 1.54) is 27.4 Å². The molecule has 0 unspecified atom stereocenters. The molecular formula is C52H55FN2O5Si. The second-order valence-electron chi connectivity index (χ2n) is 17.6. The van der Waals surface area contributed by atoms with Crippen LogP contribution in [0.25, 0.3) is 6.08 Å². The molecule has 9 heteroatoms. The molecule has 2 fully saturated rings. The van der Waals surface area contributed by atoms with Gasteiger partial charge >= 0.3 is 0 Å². The average Bonchev–Trinajstić information content (AvgIpc) is 3.80. The number of hydrogen-bond donors (Lipinski definition) is 2. The lowest BCUT2D eigenvalue weighted by molar-refractivity contribution is -0.122. The summed E-state index contributed by atoms with van der Waals surface area (Å²) < 4.78 is 28.6. The molecule has 7 nitrogen and oxygen atoms in total. The molecule has 314 valence electrons. The molecule has 0 radical (unpaired) electrons. The van der Waals surface area contributed by atoms with Crippen molar-refractivity contribution in [2.75, 3.05) is 23.4 Å². The number of aromatic hydroxyl groups is 1. The SMILES string of the molecule is CCC/C(=C\c1ccc(O)c(F)c1)CC[C@H]1OC[C@H]2C1=C(CO[Si](c1ccccc1)(c1ccccc1)C(C)(C)C)C[C@H]1C(=O)N(c3ccc(Nc4ccccc4)cc3)C(=O)[C@H]12. The number of phenols is 1. The number of halogens is 1. The lowest BCUT2D eigenvalue weighted by atomic mass is 9.69. The summed E-state index contributed by atoms with van der Waals surface area (Å²) in [5, 5.41) is 15.3. The minimum Gasteiger partial charge on any atom is -0.505 e. The minimum atomic E-state index is -2.96. The van der Waals surface area contributed by atoms with Gasteiger partial charge in [-0.1, -0.05) is 131 Å². The van der Waals surface area contributed by atoms with Gasteiger partial charge in [0.15, 0.2) is 11.6 Å². The molecule has 8 rings (SSSR count). The van der Waals surface area contributed by atoms with Crippen molar-refractivity contribution >= 4 is 53.6 Å². The van der Waals surface area contributed by atoms with Crippen LogP contribution in [0.1, 0.15) is 65.4 Å². The number of imide groups is 1. The van der Waals surface area contributed by atoms with Crippen molar-refractivity contribution in [3.05, 3.63) is 162 Å². The number of allylic oxidation sites excluding steroid dienone is 1. The highest BCUT2D eigenvalue weighted by atomic mass is 28.4. The molecule has 5 aromatic carbocycles. The van der Waals surface area contributed by atoms with Crippen LogP contribution in [0.3, 0.4) is 0 Å². The Hall–Kier alpha value is -5.61.